The number of fused-ring (bicyclic) bond motifs is 6. The van der Waals surface area contributed by atoms with Crippen molar-refractivity contribution in [2.45, 2.75) is 184 Å². The zero-order valence-electron chi connectivity index (χ0n) is 63.1. The minimum absolute atomic E-state index is 0.0803. The second kappa shape index (κ2) is 33.7. The Labute approximate surface area is 637 Å². The van der Waals surface area contributed by atoms with Crippen LogP contribution in [0.4, 0.5) is 17.1 Å². The van der Waals surface area contributed by atoms with Crippen molar-refractivity contribution in [3.63, 3.8) is 0 Å². The van der Waals surface area contributed by atoms with Gasteiger partial charge in [0, 0.05) is 80.8 Å². The van der Waals surface area contributed by atoms with Crippen LogP contribution in [0.3, 0.4) is 0 Å². The summed E-state index contributed by atoms with van der Waals surface area (Å²) in [6.45, 7) is 8.42. The lowest BCUT2D eigenvalue weighted by Crippen LogP contribution is -2.55. The molecule has 6 aliphatic heterocycles. The van der Waals surface area contributed by atoms with Gasteiger partial charge in [-0.05, 0) is 185 Å². The second-order valence-electron chi connectivity index (χ2n) is 31.7. The minimum Gasteiger partial charge on any atom is -0.493 e. The molecule has 9 aliphatic rings. The predicted octanol–water partition coefficient (Wildman–Crippen LogP) is 7.76. The van der Waals surface area contributed by atoms with E-state index in [0.717, 1.165) is 53.1 Å². The highest BCUT2D eigenvalue weighted by molar-refractivity contribution is 6.03. The highest BCUT2D eigenvalue weighted by atomic mass is 16.5. The molecule has 1 spiro atoms. The third-order valence-corrected chi connectivity index (χ3v) is 23.8. The van der Waals surface area contributed by atoms with Gasteiger partial charge >= 0.3 is 0 Å². The van der Waals surface area contributed by atoms with Crippen molar-refractivity contribution < 1.29 is 62.4 Å². The third-order valence-electron chi connectivity index (χ3n) is 23.8. The Morgan fingerprint density at radius 2 is 1.50 bits per heavy atom. The topological polar surface area (TPSA) is 291 Å². The number of anilines is 3. The van der Waals surface area contributed by atoms with Crippen LogP contribution in [-0.2, 0) is 56.0 Å². The Bertz CT molecular complexity index is 4330. The van der Waals surface area contributed by atoms with E-state index in [1.54, 1.807) is 52.0 Å². The molecule has 14 rings (SSSR count). The maximum atomic E-state index is 14.6. The minimum atomic E-state index is -1.10. The van der Waals surface area contributed by atoms with Crippen molar-refractivity contribution in [3.8, 4) is 23.3 Å². The SMILES string of the molecule is COc1cc2c(cc1OCC(CCCOC1CC3NC(O)[C@@H]4CC5(CC5)CN4C(=O)C3CC1OC)Cc1ccccc1NC(=O)[C@H](C)NC(=O)[C@@H](NC(=O)CNC(=O)CNC(=O)CCC(=O)N1Cc3ccccc3C#Cc3ccccc31)C(C)C)NC[C@@H]1CC(c3ccc(C4CCN(C5CC5)CC4)cc3)=CN1C2=O. The predicted molar refractivity (Wildman–Crippen MR) is 412 cm³/mol. The van der Waals surface area contributed by atoms with E-state index in [4.69, 9.17) is 18.9 Å². The summed E-state index contributed by atoms with van der Waals surface area (Å²) in [6.07, 6.45) is 11.5. The van der Waals surface area contributed by atoms with Crippen LogP contribution in [0, 0.1) is 35.0 Å². The molecule has 10 atom stereocenters. The number of amides is 8. The number of aliphatic hydroxyl groups is 1. The van der Waals surface area contributed by atoms with Gasteiger partial charge < -0.3 is 75.6 Å². The van der Waals surface area contributed by atoms with E-state index in [0.29, 0.717) is 104 Å². The number of nitrogens with zero attached hydrogens (tertiary/aromatic N) is 4. The van der Waals surface area contributed by atoms with Crippen molar-refractivity contribution >= 4 is 69.9 Å². The Hall–Kier alpha value is -9.64. The van der Waals surface area contributed by atoms with Crippen molar-refractivity contribution in [1.82, 2.24) is 41.3 Å². The fraction of sp³-hybridized carbons (Fsp3) is 0.506. The standard InChI is InChI=1S/C85H103N11O13/c1-51(2)79(92-77(99)46-88-76(98)45-87-75(97)28-29-78(100)95-47-60-17-7-6-14-54(60)24-25-58-15-9-11-19-69(58)95)82(103)89-52(3)80(101)90-66-18-10-8-16-59(66)37-53(13-12-36-108-73-42-68-65(40-71(73)106-4)84(105)96-50-85(32-33-85)43-70(96)81(102)91-68)49-109-74-41-67-64(39-72(74)107-5)83(104)94-48-61(38-63(94)44-86-67)56-22-20-55(21-23-56)57-30-34-93(35-31-57)62-26-27-62/h6-11,14-23,39,41,48,51-53,57,62-63,65,68,70-71,73,79,81,86,91,102H,12-13,26-38,40,42-47,49-50H2,1-5H3,(H,87,97)(H,88,98)(H,89,103)(H,90,101)(H,92,99)/t52-,53?,63-,65?,68?,70-,71?,73?,79-,81?/m0/s1. The molecule has 6 unspecified atom stereocenters. The lowest BCUT2D eigenvalue weighted by Gasteiger charge is -2.40. The number of carbonyl (C=O) groups excluding carboxylic acids is 8. The molecule has 0 aromatic heterocycles. The molecule has 576 valence electrons. The number of likely N-dealkylation sites (tertiary alicyclic amines) is 1. The lowest BCUT2D eigenvalue weighted by molar-refractivity contribution is -0.144. The van der Waals surface area contributed by atoms with E-state index in [1.165, 1.54) is 44.3 Å². The number of nitrogens with one attached hydrogen (secondary N) is 7. The molecule has 109 heavy (non-hydrogen) atoms. The molecule has 6 fully saturated rings. The molecule has 3 aliphatic carbocycles. The zero-order valence-corrected chi connectivity index (χ0v) is 63.1. The molecular weight excluding hydrogens is 1380 g/mol. The van der Waals surface area contributed by atoms with Crippen molar-refractivity contribution in [1.29, 1.82) is 0 Å². The van der Waals surface area contributed by atoms with Crippen LogP contribution >= 0.6 is 0 Å². The largest absolute Gasteiger partial charge is 0.493 e. The molecule has 3 saturated heterocycles. The zero-order chi connectivity index (χ0) is 76.0. The van der Waals surface area contributed by atoms with Crippen LogP contribution in [-0.4, -0.2) is 188 Å². The van der Waals surface area contributed by atoms with E-state index in [-0.39, 0.29) is 91.3 Å². The average molecular weight is 1490 g/mol. The smallest absolute Gasteiger partial charge is 0.260 e. The summed E-state index contributed by atoms with van der Waals surface area (Å²) >= 11 is 0. The van der Waals surface area contributed by atoms with Gasteiger partial charge in [0.25, 0.3) is 5.91 Å². The monoisotopic (exact) mass is 1490 g/mol. The molecule has 3 saturated carbocycles. The van der Waals surface area contributed by atoms with Crippen LogP contribution in [0.1, 0.15) is 160 Å². The molecule has 5 aromatic rings. The highest BCUT2D eigenvalue weighted by Gasteiger charge is 2.58. The summed E-state index contributed by atoms with van der Waals surface area (Å²) < 4.78 is 25.5. The first kappa shape index (κ1) is 76.1. The number of hydrogen-bond donors (Lipinski definition) is 8. The molecular formula is C85H103N11O13. The third kappa shape index (κ3) is 17.8. The second-order valence-corrected chi connectivity index (χ2v) is 31.7. The molecule has 24 heteroatoms. The van der Waals surface area contributed by atoms with Crippen LogP contribution in [0.25, 0.3) is 5.57 Å². The first-order chi connectivity index (χ1) is 52.8. The molecule has 6 heterocycles. The van der Waals surface area contributed by atoms with Gasteiger partial charge in [-0.3, -0.25) is 43.7 Å². The number of ether oxygens (including phenoxy) is 4. The van der Waals surface area contributed by atoms with E-state index in [2.05, 4.69) is 78.2 Å². The van der Waals surface area contributed by atoms with Gasteiger partial charge in [-0.15, -0.1) is 0 Å². The molecule has 24 nitrogen and oxygen atoms in total. The first-order valence-corrected chi connectivity index (χ1v) is 39.1. The van der Waals surface area contributed by atoms with Crippen molar-refractivity contribution in [2.24, 2.45) is 23.2 Å². The van der Waals surface area contributed by atoms with E-state index < -0.39 is 66.9 Å². The first-order valence-electron chi connectivity index (χ1n) is 39.1. The van der Waals surface area contributed by atoms with Gasteiger partial charge in [0.2, 0.25) is 41.4 Å². The van der Waals surface area contributed by atoms with Gasteiger partial charge in [0.15, 0.2) is 11.5 Å². The number of piperidine rings is 1. The number of aliphatic hydroxyl groups excluding tert-OH is 1. The maximum Gasteiger partial charge on any atom is 0.260 e. The van der Waals surface area contributed by atoms with Gasteiger partial charge in [-0.2, -0.15) is 0 Å². The number of hydrogen-bond acceptors (Lipinski definition) is 16. The average Bonchev–Trinajstić information content (AvgIpc) is 1.58. The summed E-state index contributed by atoms with van der Waals surface area (Å²) in [6, 6.07) is 32.9. The summed E-state index contributed by atoms with van der Waals surface area (Å²) in [5.41, 5.74) is 9.20. The van der Waals surface area contributed by atoms with Crippen LogP contribution < -0.4 is 51.6 Å². The summed E-state index contributed by atoms with van der Waals surface area (Å²) in [5, 5.41) is 32.0. The number of para-hydroxylation sites is 2. The fourth-order valence-corrected chi connectivity index (χ4v) is 17.1. The quantitative estimate of drug-likeness (QED) is 0.0175. The normalized spacial score (nSPS) is 23.3. The number of benzene rings is 5. The Balaban J connectivity index is 0.589. The van der Waals surface area contributed by atoms with E-state index >= 15 is 0 Å². The Kier molecular flexibility index (Phi) is 23.5. The number of rotatable bonds is 28. The van der Waals surface area contributed by atoms with Crippen molar-refractivity contribution in [2.75, 3.05) is 82.2 Å². The van der Waals surface area contributed by atoms with Crippen LogP contribution in [0.15, 0.2) is 115 Å². The van der Waals surface area contributed by atoms with E-state index in [1.807, 2.05) is 88.8 Å². The fourth-order valence-electron chi connectivity index (χ4n) is 17.1. The number of methoxy groups -OCH3 is 2. The highest BCUT2D eigenvalue weighted by Crippen LogP contribution is 2.56. The van der Waals surface area contributed by atoms with Gasteiger partial charge in [0.1, 0.15) is 18.3 Å². The summed E-state index contributed by atoms with van der Waals surface area (Å²) in [4.78, 5) is 118. The lowest BCUT2D eigenvalue weighted by atomic mass is 9.80. The molecule has 8 amide bonds. The van der Waals surface area contributed by atoms with Gasteiger partial charge in [0.05, 0.1) is 80.5 Å². The molecule has 0 bridgehead atoms. The number of carbonyl (C=O) groups is 8. The molecule has 0 radical (unpaired) electrons. The van der Waals surface area contributed by atoms with Gasteiger partial charge in [-0.25, -0.2) is 0 Å². The van der Waals surface area contributed by atoms with Crippen LogP contribution in [0.2, 0.25) is 0 Å². The van der Waals surface area contributed by atoms with E-state index in [9.17, 15) is 43.5 Å². The summed E-state index contributed by atoms with van der Waals surface area (Å²) in [5.74, 6) is 3.43. The van der Waals surface area contributed by atoms with Crippen molar-refractivity contribution in [3.05, 3.63) is 154 Å². The summed E-state index contributed by atoms with van der Waals surface area (Å²) in [7, 11) is 3.21. The Morgan fingerprint density at radius 3 is 2.26 bits per heavy atom. The van der Waals surface area contributed by atoms with Crippen LogP contribution in [0.5, 0.6) is 11.5 Å². The Morgan fingerprint density at radius 1 is 0.761 bits per heavy atom. The maximum absolute atomic E-state index is 14.6. The van der Waals surface area contributed by atoms with Gasteiger partial charge in [-0.1, -0.05) is 98.5 Å². The molecule has 5 aromatic carbocycles. The molecule has 8 N–H and O–H groups in total.